The molecular formula is C18H22FN3O3S2. The molecule has 1 amide bonds. The number of amides is 1. The van der Waals surface area contributed by atoms with Gasteiger partial charge in [0, 0.05) is 24.2 Å². The Morgan fingerprint density at radius 1 is 1.37 bits per heavy atom. The van der Waals surface area contributed by atoms with Gasteiger partial charge in [0.15, 0.2) is 0 Å². The second-order valence-corrected chi connectivity index (χ2v) is 9.44. The Balaban J connectivity index is 1.95. The number of rotatable bonds is 5. The van der Waals surface area contributed by atoms with Gasteiger partial charge in [-0.1, -0.05) is 0 Å². The highest BCUT2D eigenvalue weighted by molar-refractivity contribution is 7.89. The van der Waals surface area contributed by atoms with Crippen LogP contribution in [0.1, 0.15) is 54.5 Å². The number of likely N-dealkylation sites (tertiary alicyclic amines) is 1. The van der Waals surface area contributed by atoms with Gasteiger partial charge in [-0.05, 0) is 51.3 Å². The lowest BCUT2D eigenvalue weighted by atomic mass is 10.0. The summed E-state index contributed by atoms with van der Waals surface area (Å²) in [5, 5.41) is 2.66. The molecule has 0 radical (unpaired) electrons. The van der Waals surface area contributed by atoms with Crippen LogP contribution in [0.25, 0.3) is 0 Å². The lowest BCUT2D eigenvalue weighted by Gasteiger charge is -2.34. The number of aromatic nitrogens is 1. The van der Waals surface area contributed by atoms with E-state index < -0.39 is 21.7 Å². The fraction of sp³-hybridized carbons (Fsp3) is 0.444. The number of carbonyl (C=O) groups excluding carboxylic acids is 1. The number of benzene rings is 1. The lowest BCUT2D eigenvalue weighted by molar-refractivity contribution is 0.0606. The molecule has 0 saturated carbocycles. The molecule has 9 heteroatoms. The number of sulfonamides is 1. The average molecular weight is 412 g/mol. The van der Waals surface area contributed by atoms with E-state index in [0.29, 0.717) is 6.54 Å². The number of halogens is 1. The smallest absolute Gasteiger partial charge is 0.257 e. The molecule has 1 aliphatic rings. The maximum absolute atomic E-state index is 14.4. The molecule has 1 aromatic heterocycles. The molecule has 1 saturated heterocycles. The average Bonchev–Trinajstić information content (AvgIpc) is 3.15. The van der Waals surface area contributed by atoms with Crippen LogP contribution in [0, 0.1) is 5.82 Å². The van der Waals surface area contributed by atoms with Crippen molar-refractivity contribution in [1.82, 2.24) is 14.6 Å². The van der Waals surface area contributed by atoms with Crippen LogP contribution >= 0.6 is 11.3 Å². The molecule has 146 valence electrons. The fourth-order valence-electron chi connectivity index (χ4n) is 3.20. The van der Waals surface area contributed by atoms with Crippen LogP contribution in [0.15, 0.2) is 34.7 Å². The number of thiazole rings is 1. The second-order valence-electron chi connectivity index (χ2n) is 6.80. The topological polar surface area (TPSA) is 79.4 Å². The highest BCUT2D eigenvalue weighted by Gasteiger charge is 2.32. The number of nitrogens with one attached hydrogen (secondary N) is 1. The number of carbonyl (C=O) groups is 1. The summed E-state index contributed by atoms with van der Waals surface area (Å²) < 4.78 is 41.6. The van der Waals surface area contributed by atoms with Crippen molar-refractivity contribution in [2.75, 3.05) is 6.54 Å². The van der Waals surface area contributed by atoms with Crippen LogP contribution < -0.4 is 4.72 Å². The van der Waals surface area contributed by atoms with Crippen molar-refractivity contribution in [3.05, 3.63) is 46.2 Å². The van der Waals surface area contributed by atoms with Gasteiger partial charge in [0.05, 0.1) is 16.5 Å². The van der Waals surface area contributed by atoms with E-state index in [-0.39, 0.29) is 22.5 Å². The van der Waals surface area contributed by atoms with Crippen LogP contribution in [0.4, 0.5) is 4.39 Å². The zero-order valence-corrected chi connectivity index (χ0v) is 16.8. The van der Waals surface area contributed by atoms with Crippen molar-refractivity contribution < 1.29 is 17.6 Å². The van der Waals surface area contributed by atoms with E-state index in [1.165, 1.54) is 17.4 Å². The first-order valence-electron chi connectivity index (χ1n) is 8.82. The normalized spacial score (nSPS) is 18.1. The van der Waals surface area contributed by atoms with E-state index in [0.717, 1.165) is 36.4 Å². The van der Waals surface area contributed by atoms with Gasteiger partial charge in [0.25, 0.3) is 5.91 Å². The Hall–Kier alpha value is -1.84. The minimum atomic E-state index is -3.82. The van der Waals surface area contributed by atoms with Crippen LogP contribution in [0.2, 0.25) is 0 Å². The van der Waals surface area contributed by atoms with Crippen molar-refractivity contribution in [1.29, 1.82) is 0 Å². The SMILES string of the molecule is CC(C)NS(=O)(=O)c1ccc(F)c(C(=O)N2CCCCC2c2nccs2)c1. The zero-order valence-electron chi connectivity index (χ0n) is 15.2. The van der Waals surface area contributed by atoms with Crippen LogP contribution in [0.3, 0.4) is 0 Å². The first-order chi connectivity index (χ1) is 12.8. The molecule has 0 spiro atoms. The second kappa shape index (κ2) is 8.04. The van der Waals surface area contributed by atoms with E-state index in [1.807, 2.05) is 5.38 Å². The molecular weight excluding hydrogens is 389 g/mol. The van der Waals surface area contributed by atoms with Crippen molar-refractivity contribution in [3.8, 4) is 0 Å². The third-order valence-electron chi connectivity index (χ3n) is 4.37. The van der Waals surface area contributed by atoms with Gasteiger partial charge in [-0.2, -0.15) is 0 Å². The molecule has 0 bridgehead atoms. The molecule has 1 fully saturated rings. The summed E-state index contributed by atoms with van der Waals surface area (Å²) in [6.07, 6.45) is 4.22. The summed E-state index contributed by atoms with van der Waals surface area (Å²) in [6.45, 7) is 3.88. The van der Waals surface area contributed by atoms with E-state index in [9.17, 15) is 17.6 Å². The van der Waals surface area contributed by atoms with Gasteiger partial charge < -0.3 is 4.90 Å². The maximum atomic E-state index is 14.4. The summed E-state index contributed by atoms with van der Waals surface area (Å²) in [5.41, 5.74) is -0.231. The molecule has 2 aromatic rings. The van der Waals surface area contributed by atoms with E-state index >= 15 is 0 Å². The van der Waals surface area contributed by atoms with Crippen molar-refractivity contribution in [2.24, 2.45) is 0 Å². The van der Waals surface area contributed by atoms with Crippen LogP contribution in [-0.2, 0) is 10.0 Å². The predicted molar refractivity (Wildman–Crippen MR) is 102 cm³/mol. The first-order valence-corrected chi connectivity index (χ1v) is 11.2. The van der Waals surface area contributed by atoms with Crippen LogP contribution in [-0.4, -0.2) is 36.8 Å². The molecule has 6 nitrogen and oxygen atoms in total. The van der Waals surface area contributed by atoms with Gasteiger partial charge in [-0.25, -0.2) is 22.5 Å². The standard InChI is InChI=1S/C18H22FN3O3S2/c1-12(2)21-27(24,25)13-6-7-15(19)14(11-13)18(23)22-9-4-3-5-16(22)17-20-8-10-26-17/h6-8,10-12,16,21H,3-5,9H2,1-2H3. The van der Waals surface area contributed by atoms with Crippen molar-refractivity contribution in [2.45, 2.75) is 50.1 Å². The van der Waals surface area contributed by atoms with Gasteiger partial charge in [0.1, 0.15) is 10.8 Å². The molecule has 1 unspecified atom stereocenters. The number of piperidine rings is 1. The highest BCUT2D eigenvalue weighted by Crippen LogP contribution is 2.33. The summed E-state index contributed by atoms with van der Waals surface area (Å²) in [6, 6.07) is 2.81. The fourth-order valence-corrected chi connectivity index (χ4v) is 5.26. The van der Waals surface area contributed by atoms with Gasteiger partial charge in [-0.3, -0.25) is 4.79 Å². The monoisotopic (exact) mass is 411 g/mol. The third-order valence-corrected chi connectivity index (χ3v) is 6.90. The van der Waals surface area contributed by atoms with Crippen LogP contribution in [0.5, 0.6) is 0 Å². The number of hydrogen-bond donors (Lipinski definition) is 1. The molecule has 2 heterocycles. The minimum Gasteiger partial charge on any atom is -0.329 e. The molecule has 27 heavy (non-hydrogen) atoms. The Kier molecular flexibility index (Phi) is 5.92. The Bertz CT molecular complexity index is 914. The minimum absolute atomic E-state index is 0.122. The maximum Gasteiger partial charge on any atom is 0.257 e. The molecule has 0 aliphatic carbocycles. The molecule has 1 aromatic carbocycles. The highest BCUT2D eigenvalue weighted by atomic mass is 32.2. The van der Waals surface area contributed by atoms with Gasteiger partial charge in [-0.15, -0.1) is 11.3 Å². The molecule has 1 N–H and O–H groups in total. The number of nitrogens with zero attached hydrogens (tertiary/aromatic N) is 2. The largest absolute Gasteiger partial charge is 0.329 e. The van der Waals surface area contributed by atoms with Crippen molar-refractivity contribution in [3.63, 3.8) is 0 Å². The lowest BCUT2D eigenvalue weighted by Crippen LogP contribution is -2.39. The predicted octanol–water partition coefficient (Wildman–Crippen LogP) is 3.34. The summed E-state index contributed by atoms with van der Waals surface area (Å²) in [7, 11) is -3.82. The van der Waals surface area contributed by atoms with E-state index in [1.54, 1.807) is 24.9 Å². The Morgan fingerprint density at radius 2 is 2.15 bits per heavy atom. The van der Waals surface area contributed by atoms with Gasteiger partial charge in [0.2, 0.25) is 10.0 Å². The van der Waals surface area contributed by atoms with E-state index in [4.69, 9.17) is 0 Å². The summed E-state index contributed by atoms with van der Waals surface area (Å²) in [4.78, 5) is 18.9. The summed E-state index contributed by atoms with van der Waals surface area (Å²) >= 11 is 1.46. The zero-order chi connectivity index (χ0) is 19.6. The molecule has 1 aliphatic heterocycles. The van der Waals surface area contributed by atoms with Crippen molar-refractivity contribution >= 4 is 27.3 Å². The van der Waals surface area contributed by atoms with E-state index in [2.05, 4.69) is 9.71 Å². The molecule has 3 rings (SSSR count). The summed E-state index contributed by atoms with van der Waals surface area (Å²) in [5.74, 6) is -1.24. The third kappa shape index (κ3) is 4.36. The Labute approximate surface area is 162 Å². The number of hydrogen-bond acceptors (Lipinski definition) is 5. The molecule has 1 atom stereocenters. The quantitative estimate of drug-likeness (QED) is 0.818. The Morgan fingerprint density at radius 3 is 2.81 bits per heavy atom. The van der Waals surface area contributed by atoms with Gasteiger partial charge >= 0.3 is 0 Å². The first kappa shape index (κ1) is 19.9.